The molecule has 0 aliphatic heterocycles. The van der Waals surface area contributed by atoms with Gasteiger partial charge < -0.3 is 15.6 Å². The molecule has 2 rings (SSSR count). The standard InChI is InChI=1S/C12H15F3N6/c13-12(14,15)9-7-10(20-11(16)19-9)18-3-1-2-5-21-6-4-17-8-21/h4,6-8H,1-3,5H2,(H3,16,18,19,20). The normalized spacial score (nSPS) is 11.6. The quantitative estimate of drug-likeness (QED) is 0.799. The molecule has 0 saturated carbocycles. The minimum atomic E-state index is -4.53. The number of unbranched alkanes of at least 4 members (excludes halogenated alkanes) is 1. The fourth-order valence-electron chi connectivity index (χ4n) is 1.76. The van der Waals surface area contributed by atoms with Crippen LogP contribution in [0.15, 0.2) is 24.8 Å². The Morgan fingerprint density at radius 2 is 2.05 bits per heavy atom. The van der Waals surface area contributed by atoms with E-state index in [0.29, 0.717) is 6.54 Å². The van der Waals surface area contributed by atoms with Gasteiger partial charge in [0.15, 0.2) is 5.69 Å². The van der Waals surface area contributed by atoms with Gasteiger partial charge in [0, 0.05) is 31.5 Å². The Labute approximate surface area is 119 Å². The van der Waals surface area contributed by atoms with E-state index < -0.39 is 17.8 Å². The summed E-state index contributed by atoms with van der Waals surface area (Å²) in [6.07, 6.45) is 2.39. The number of aromatic nitrogens is 4. The second-order valence-corrected chi connectivity index (χ2v) is 4.43. The minimum absolute atomic E-state index is 0.0810. The lowest BCUT2D eigenvalue weighted by Gasteiger charge is -2.10. The van der Waals surface area contributed by atoms with Crippen LogP contribution >= 0.6 is 0 Å². The molecule has 0 bridgehead atoms. The highest BCUT2D eigenvalue weighted by Crippen LogP contribution is 2.29. The molecule has 0 aliphatic rings. The summed E-state index contributed by atoms with van der Waals surface area (Å²) in [6, 6.07) is 0.853. The lowest BCUT2D eigenvalue weighted by molar-refractivity contribution is -0.141. The van der Waals surface area contributed by atoms with Gasteiger partial charge in [0.25, 0.3) is 0 Å². The number of nitrogen functional groups attached to an aromatic ring is 1. The largest absolute Gasteiger partial charge is 0.433 e. The molecule has 9 heteroatoms. The molecule has 2 aromatic rings. The van der Waals surface area contributed by atoms with Crippen molar-refractivity contribution in [1.29, 1.82) is 0 Å². The van der Waals surface area contributed by atoms with E-state index in [1.54, 1.807) is 12.5 Å². The minimum Gasteiger partial charge on any atom is -0.370 e. The molecule has 2 heterocycles. The number of rotatable bonds is 6. The highest BCUT2D eigenvalue weighted by atomic mass is 19.4. The van der Waals surface area contributed by atoms with Crippen molar-refractivity contribution in [3.05, 3.63) is 30.5 Å². The molecule has 0 atom stereocenters. The van der Waals surface area contributed by atoms with Crippen molar-refractivity contribution in [3.63, 3.8) is 0 Å². The lowest BCUT2D eigenvalue weighted by atomic mass is 10.3. The molecule has 0 spiro atoms. The Morgan fingerprint density at radius 3 is 2.71 bits per heavy atom. The molecule has 0 radical (unpaired) electrons. The first-order valence-corrected chi connectivity index (χ1v) is 6.36. The summed E-state index contributed by atoms with van der Waals surface area (Å²) in [6.45, 7) is 1.31. The van der Waals surface area contributed by atoms with E-state index in [2.05, 4.69) is 20.3 Å². The zero-order chi connectivity index (χ0) is 15.3. The molecule has 0 unspecified atom stereocenters. The molecule has 2 aromatic heterocycles. The van der Waals surface area contributed by atoms with Gasteiger partial charge in [-0.3, -0.25) is 0 Å². The molecule has 0 fully saturated rings. The van der Waals surface area contributed by atoms with Gasteiger partial charge in [0.1, 0.15) is 5.82 Å². The Morgan fingerprint density at radius 1 is 1.24 bits per heavy atom. The smallest absolute Gasteiger partial charge is 0.370 e. The van der Waals surface area contributed by atoms with Crippen molar-refractivity contribution >= 4 is 11.8 Å². The number of hydrogen-bond donors (Lipinski definition) is 2. The molecule has 3 N–H and O–H groups in total. The average Bonchev–Trinajstić information content (AvgIpc) is 2.90. The van der Waals surface area contributed by atoms with E-state index in [-0.39, 0.29) is 5.82 Å². The SMILES string of the molecule is Nc1nc(NCCCCn2ccnc2)cc(C(F)(F)F)n1. The molecule has 21 heavy (non-hydrogen) atoms. The Bertz CT molecular complexity index is 567. The summed E-state index contributed by atoms with van der Waals surface area (Å²) in [7, 11) is 0. The molecular formula is C12H15F3N6. The van der Waals surface area contributed by atoms with Crippen LogP contribution in [0.1, 0.15) is 18.5 Å². The predicted molar refractivity (Wildman–Crippen MR) is 71.4 cm³/mol. The fraction of sp³-hybridized carbons (Fsp3) is 0.417. The molecule has 0 saturated heterocycles. The Kier molecular flexibility index (Phi) is 4.61. The van der Waals surface area contributed by atoms with Crippen LogP contribution in [0.4, 0.5) is 24.9 Å². The summed E-state index contributed by atoms with van der Waals surface area (Å²) in [5.41, 5.74) is 4.23. The monoisotopic (exact) mass is 300 g/mol. The first-order chi connectivity index (χ1) is 9.95. The van der Waals surface area contributed by atoms with Crippen LogP contribution in [0.5, 0.6) is 0 Å². The lowest BCUT2D eigenvalue weighted by Crippen LogP contribution is -2.13. The summed E-state index contributed by atoms with van der Waals surface area (Å²) in [5, 5.41) is 2.82. The van der Waals surface area contributed by atoms with Gasteiger partial charge in [-0.1, -0.05) is 0 Å². The zero-order valence-electron chi connectivity index (χ0n) is 11.1. The molecule has 0 amide bonds. The number of nitrogens with zero attached hydrogens (tertiary/aromatic N) is 4. The van der Waals surface area contributed by atoms with Crippen LogP contribution in [-0.2, 0) is 12.7 Å². The van der Waals surface area contributed by atoms with Crippen LogP contribution < -0.4 is 11.1 Å². The van der Waals surface area contributed by atoms with Gasteiger partial charge >= 0.3 is 6.18 Å². The van der Waals surface area contributed by atoms with Gasteiger partial charge in [0.2, 0.25) is 5.95 Å². The highest BCUT2D eigenvalue weighted by molar-refractivity contribution is 5.41. The van der Waals surface area contributed by atoms with Gasteiger partial charge in [0.05, 0.1) is 6.33 Å². The van der Waals surface area contributed by atoms with Crippen molar-refractivity contribution in [1.82, 2.24) is 19.5 Å². The predicted octanol–water partition coefficient (Wildman–Crippen LogP) is 2.17. The van der Waals surface area contributed by atoms with Crippen LogP contribution in [0.3, 0.4) is 0 Å². The van der Waals surface area contributed by atoms with E-state index in [1.165, 1.54) is 0 Å². The van der Waals surface area contributed by atoms with E-state index in [9.17, 15) is 13.2 Å². The Balaban J connectivity index is 1.81. The number of nitrogens with one attached hydrogen (secondary N) is 1. The highest BCUT2D eigenvalue weighted by Gasteiger charge is 2.33. The number of anilines is 2. The van der Waals surface area contributed by atoms with Crippen LogP contribution in [0, 0.1) is 0 Å². The van der Waals surface area contributed by atoms with E-state index in [4.69, 9.17) is 5.73 Å². The zero-order valence-corrected chi connectivity index (χ0v) is 11.1. The number of imidazole rings is 1. The van der Waals surface area contributed by atoms with E-state index >= 15 is 0 Å². The first-order valence-electron chi connectivity index (χ1n) is 6.36. The average molecular weight is 300 g/mol. The molecular weight excluding hydrogens is 285 g/mol. The van der Waals surface area contributed by atoms with E-state index in [1.807, 2.05) is 10.8 Å². The van der Waals surface area contributed by atoms with Gasteiger partial charge in [-0.15, -0.1) is 0 Å². The van der Waals surface area contributed by atoms with Crippen molar-refractivity contribution in [3.8, 4) is 0 Å². The number of hydrogen-bond acceptors (Lipinski definition) is 5. The molecule has 6 nitrogen and oxygen atoms in total. The number of alkyl halides is 3. The second kappa shape index (κ2) is 6.42. The van der Waals surface area contributed by atoms with Crippen molar-refractivity contribution in [2.24, 2.45) is 0 Å². The molecule has 0 aromatic carbocycles. The van der Waals surface area contributed by atoms with Gasteiger partial charge in [-0.05, 0) is 12.8 Å². The van der Waals surface area contributed by atoms with E-state index in [0.717, 1.165) is 25.5 Å². The third kappa shape index (κ3) is 4.62. The maximum atomic E-state index is 12.6. The van der Waals surface area contributed by atoms with Gasteiger partial charge in [-0.2, -0.15) is 18.2 Å². The molecule has 0 aliphatic carbocycles. The number of nitrogens with two attached hydrogens (primary N) is 1. The van der Waals surface area contributed by atoms with Crippen molar-refractivity contribution in [2.75, 3.05) is 17.6 Å². The summed E-state index contributed by atoms with van der Waals surface area (Å²) < 4.78 is 39.6. The number of aryl methyl sites for hydroxylation is 1. The van der Waals surface area contributed by atoms with Crippen LogP contribution in [-0.4, -0.2) is 26.1 Å². The van der Waals surface area contributed by atoms with Gasteiger partial charge in [-0.25, -0.2) is 9.97 Å². The second-order valence-electron chi connectivity index (χ2n) is 4.43. The van der Waals surface area contributed by atoms with Crippen molar-refractivity contribution < 1.29 is 13.2 Å². The topological polar surface area (TPSA) is 81.6 Å². The maximum absolute atomic E-state index is 12.6. The molecule has 114 valence electrons. The Hall–Kier alpha value is -2.32. The van der Waals surface area contributed by atoms with Crippen molar-refractivity contribution in [2.45, 2.75) is 25.6 Å². The maximum Gasteiger partial charge on any atom is 0.433 e. The van der Waals surface area contributed by atoms with Crippen LogP contribution in [0.2, 0.25) is 0 Å². The third-order valence-corrected chi connectivity index (χ3v) is 2.74. The summed E-state index contributed by atoms with van der Waals surface area (Å²) in [4.78, 5) is 10.8. The fourth-order valence-corrected chi connectivity index (χ4v) is 1.76. The number of halogens is 3. The summed E-state index contributed by atoms with van der Waals surface area (Å²) >= 11 is 0. The third-order valence-electron chi connectivity index (χ3n) is 2.74. The summed E-state index contributed by atoms with van der Waals surface area (Å²) in [5.74, 6) is -0.316. The first kappa shape index (κ1) is 15.1. The van der Waals surface area contributed by atoms with Crippen LogP contribution in [0.25, 0.3) is 0 Å².